The van der Waals surface area contributed by atoms with Gasteiger partial charge in [-0.3, -0.25) is 4.79 Å². The van der Waals surface area contributed by atoms with Crippen LogP contribution in [0.2, 0.25) is 0 Å². The van der Waals surface area contributed by atoms with Crippen molar-refractivity contribution in [3.8, 4) is 28.6 Å². The van der Waals surface area contributed by atoms with Crippen LogP contribution in [0.3, 0.4) is 0 Å². The van der Waals surface area contributed by atoms with Crippen LogP contribution in [-0.4, -0.2) is 29.2 Å². The molecule has 1 aromatic heterocycles. The molecule has 26 heavy (non-hydrogen) atoms. The van der Waals surface area contributed by atoms with Crippen molar-refractivity contribution in [3.63, 3.8) is 0 Å². The zero-order valence-electron chi connectivity index (χ0n) is 14.4. The van der Waals surface area contributed by atoms with Gasteiger partial charge in [-0.15, -0.1) is 6.58 Å². The molecular formula is C20H19N3O3. The quantitative estimate of drug-likeness (QED) is 0.662. The Morgan fingerprint density at radius 3 is 2.85 bits per heavy atom. The van der Waals surface area contributed by atoms with Crippen molar-refractivity contribution >= 4 is 5.91 Å². The van der Waals surface area contributed by atoms with Gasteiger partial charge in [0.15, 0.2) is 6.61 Å². The number of carbonyl (C=O) groups excluding carboxylic acids is 1. The first-order chi connectivity index (χ1) is 12.7. The number of nitrogens with zero attached hydrogens (tertiary/aromatic N) is 2. The lowest BCUT2D eigenvalue weighted by Gasteiger charge is -2.06. The Hall–Kier alpha value is -3.41. The third-order valence-corrected chi connectivity index (χ3v) is 3.60. The van der Waals surface area contributed by atoms with E-state index in [0.717, 1.165) is 16.7 Å². The van der Waals surface area contributed by atoms with Crippen LogP contribution in [0.4, 0.5) is 0 Å². The summed E-state index contributed by atoms with van der Waals surface area (Å²) in [6.45, 7) is 5.89. The predicted molar refractivity (Wildman–Crippen MR) is 98.6 cm³/mol. The van der Waals surface area contributed by atoms with Gasteiger partial charge < -0.3 is 14.6 Å². The van der Waals surface area contributed by atoms with E-state index in [1.165, 1.54) is 0 Å². The Bertz CT molecular complexity index is 918. The minimum atomic E-state index is -0.211. The number of rotatable bonds is 7. The monoisotopic (exact) mass is 349 g/mol. The molecule has 3 rings (SSSR count). The number of hydrogen-bond donors (Lipinski definition) is 1. The number of amides is 1. The van der Waals surface area contributed by atoms with Crippen molar-refractivity contribution in [1.82, 2.24) is 15.5 Å². The first-order valence-electron chi connectivity index (χ1n) is 8.17. The third kappa shape index (κ3) is 4.36. The zero-order valence-corrected chi connectivity index (χ0v) is 14.4. The summed E-state index contributed by atoms with van der Waals surface area (Å²) >= 11 is 0. The molecule has 0 bridgehead atoms. The molecule has 0 saturated carbocycles. The van der Waals surface area contributed by atoms with E-state index in [-0.39, 0.29) is 12.5 Å². The third-order valence-electron chi connectivity index (χ3n) is 3.60. The summed E-state index contributed by atoms with van der Waals surface area (Å²) in [5.41, 5.74) is 2.74. The summed E-state index contributed by atoms with van der Waals surface area (Å²) in [6, 6.07) is 15.1. The van der Waals surface area contributed by atoms with Crippen molar-refractivity contribution in [2.24, 2.45) is 0 Å². The molecule has 1 amide bonds. The molecule has 0 aliphatic rings. The highest BCUT2D eigenvalue weighted by Crippen LogP contribution is 2.25. The van der Waals surface area contributed by atoms with Crippen LogP contribution >= 0.6 is 0 Å². The lowest BCUT2D eigenvalue weighted by atomic mass is 10.1. The van der Waals surface area contributed by atoms with E-state index in [1.54, 1.807) is 18.2 Å². The molecule has 0 unspecified atom stereocenters. The highest BCUT2D eigenvalue weighted by molar-refractivity contribution is 5.77. The number of ether oxygens (including phenoxy) is 1. The van der Waals surface area contributed by atoms with Crippen molar-refractivity contribution in [2.45, 2.75) is 6.92 Å². The summed E-state index contributed by atoms with van der Waals surface area (Å²) in [5, 5.41) is 6.69. The SMILES string of the molecule is C=CCNC(=O)COc1cccc(-c2noc(-c3cccc(C)c3)n2)c1. The van der Waals surface area contributed by atoms with Gasteiger partial charge >= 0.3 is 0 Å². The van der Waals surface area contributed by atoms with Gasteiger partial charge in [-0.25, -0.2) is 0 Å². The molecule has 1 N–H and O–H groups in total. The maximum absolute atomic E-state index is 11.6. The van der Waals surface area contributed by atoms with E-state index in [9.17, 15) is 4.79 Å². The van der Waals surface area contributed by atoms with E-state index in [2.05, 4.69) is 22.0 Å². The molecule has 0 fully saturated rings. The van der Waals surface area contributed by atoms with Crippen LogP contribution in [0, 0.1) is 6.92 Å². The normalized spacial score (nSPS) is 10.3. The molecule has 0 aliphatic heterocycles. The van der Waals surface area contributed by atoms with Gasteiger partial charge in [0.05, 0.1) is 0 Å². The highest BCUT2D eigenvalue weighted by Gasteiger charge is 2.11. The number of carbonyl (C=O) groups is 1. The van der Waals surface area contributed by atoms with E-state index in [4.69, 9.17) is 9.26 Å². The molecule has 0 saturated heterocycles. The number of nitrogens with one attached hydrogen (secondary N) is 1. The molecule has 0 radical (unpaired) electrons. The molecule has 0 spiro atoms. The zero-order chi connectivity index (χ0) is 18.4. The maximum Gasteiger partial charge on any atom is 0.258 e. The fourth-order valence-electron chi connectivity index (χ4n) is 2.35. The van der Waals surface area contributed by atoms with Crippen LogP contribution in [-0.2, 0) is 4.79 Å². The van der Waals surface area contributed by atoms with Gasteiger partial charge in [0.2, 0.25) is 5.82 Å². The van der Waals surface area contributed by atoms with Crippen molar-refractivity contribution < 1.29 is 14.1 Å². The topological polar surface area (TPSA) is 77.2 Å². The number of aryl methyl sites for hydroxylation is 1. The molecule has 1 heterocycles. The van der Waals surface area contributed by atoms with Gasteiger partial charge in [0, 0.05) is 17.7 Å². The van der Waals surface area contributed by atoms with Gasteiger partial charge in [-0.2, -0.15) is 4.98 Å². The molecule has 6 nitrogen and oxygen atoms in total. The van der Waals surface area contributed by atoms with Crippen LogP contribution in [0.1, 0.15) is 5.56 Å². The Labute approximate surface area is 151 Å². The number of benzene rings is 2. The maximum atomic E-state index is 11.6. The fraction of sp³-hybridized carbons (Fsp3) is 0.150. The Kier molecular flexibility index (Phi) is 5.43. The molecule has 0 aliphatic carbocycles. The molecule has 3 aromatic rings. The fourth-order valence-corrected chi connectivity index (χ4v) is 2.35. The Balaban J connectivity index is 1.72. The Morgan fingerprint density at radius 1 is 1.23 bits per heavy atom. The van der Waals surface area contributed by atoms with E-state index in [0.29, 0.717) is 24.0 Å². The second-order valence-electron chi connectivity index (χ2n) is 5.70. The lowest BCUT2D eigenvalue weighted by Crippen LogP contribution is -2.28. The van der Waals surface area contributed by atoms with Crippen molar-refractivity contribution in [1.29, 1.82) is 0 Å². The standard InChI is InChI=1S/C20H19N3O3/c1-3-10-21-18(24)13-25-17-9-5-7-15(12-17)19-22-20(26-23-19)16-8-4-6-14(2)11-16/h3-9,11-12H,1,10,13H2,2H3,(H,21,24). The minimum absolute atomic E-state index is 0.0713. The molecule has 2 aromatic carbocycles. The highest BCUT2D eigenvalue weighted by atomic mass is 16.5. The van der Waals surface area contributed by atoms with E-state index >= 15 is 0 Å². The minimum Gasteiger partial charge on any atom is -0.484 e. The molecular weight excluding hydrogens is 330 g/mol. The van der Waals surface area contributed by atoms with Gasteiger partial charge in [-0.1, -0.05) is 41.1 Å². The van der Waals surface area contributed by atoms with Crippen molar-refractivity contribution in [2.75, 3.05) is 13.2 Å². The first-order valence-corrected chi connectivity index (χ1v) is 8.17. The number of aromatic nitrogens is 2. The average Bonchev–Trinajstić information content (AvgIpc) is 3.15. The molecule has 132 valence electrons. The van der Waals surface area contributed by atoms with E-state index in [1.807, 2.05) is 43.3 Å². The summed E-state index contributed by atoms with van der Waals surface area (Å²) in [7, 11) is 0. The van der Waals surface area contributed by atoms with E-state index < -0.39 is 0 Å². The average molecular weight is 349 g/mol. The van der Waals surface area contributed by atoms with Crippen LogP contribution in [0.15, 0.2) is 65.7 Å². The summed E-state index contributed by atoms with van der Waals surface area (Å²) in [5.74, 6) is 1.26. The van der Waals surface area contributed by atoms with Crippen molar-refractivity contribution in [3.05, 3.63) is 66.7 Å². The predicted octanol–water partition coefficient (Wildman–Crippen LogP) is 3.39. The smallest absolute Gasteiger partial charge is 0.258 e. The van der Waals surface area contributed by atoms with Crippen LogP contribution < -0.4 is 10.1 Å². The van der Waals surface area contributed by atoms with Crippen LogP contribution in [0.5, 0.6) is 5.75 Å². The lowest BCUT2D eigenvalue weighted by molar-refractivity contribution is -0.122. The largest absolute Gasteiger partial charge is 0.484 e. The summed E-state index contributed by atoms with van der Waals surface area (Å²) in [6.07, 6.45) is 1.61. The number of hydrogen-bond acceptors (Lipinski definition) is 5. The van der Waals surface area contributed by atoms with Gasteiger partial charge in [0.25, 0.3) is 11.8 Å². The summed E-state index contributed by atoms with van der Waals surface area (Å²) < 4.78 is 10.9. The van der Waals surface area contributed by atoms with Gasteiger partial charge in [0.1, 0.15) is 5.75 Å². The van der Waals surface area contributed by atoms with Gasteiger partial charge in [-0.05, 0) is 31.2 Å². The molecule has 0 atom stereocenters. The second kappa shape index (κ2) is 8.11. The summed E-state index contributed by atoms with van der Waals surface area (Å²) in [4.78, 5) is 16.0. The second-order valence-corrected chi connectivity index (χ2v) is 5.70. The first kappa shape index (κ1) is 17.4. The van der Waals surface area contributed by atoms with Crippen LogP contribution in [0.25, 0.3) is 22.8 Å². The Morgan fingerprint density at radius 2 is 2.04 bits per heavy atom. The molecule has 6 heteroatoms.